The number of oxazole rings is 1. The molecule has 3 nitrogen and oxygen atoms in total. The average molecular weight is 243 g/mol. The van der Waals surface area contributed by atoms with Crippen LogP contribution in [0.4, 0.5) is 6.01 Å². The van der Waals surface area contributed by atoms with E-state index in [2.05, 4.69) is 10.3 Å². The molecule has 0 saturated heterocycles. The molecule has 15 heavy (non-hydrogen) atoms. The van der Waals surface area contributed by atoms with E-state index in [4.69, 9.17) is 27.6 Å². The van der Waals surface area contributed by atoms with Crippen molar-refractivity contribution in [3.63, 3.8) is 0 Å². The molecule has 0 saturated carbocycles. The van der Waals surface area contributed by atoms with Crippen molar-refractivity contribution in [1.82, 2.24) is 4.98 Å². The first-order valence-electron chi connectivity index (χ1n) is 4.33. The summed E-state index contributed by atoms with van der Waals surface area (Å²) in [6.07, 6.45) is 3.09. The first-order valence-corrected chi connectivity index (χ1v) is 5.08. The van der Waals surface area contributed by atoms with Crippen molar-refractivity contribution >= 4 is 29.2 Å². The second kappa shape index (κ2) is 4.55. The predicted molar refractivity (Wildman–Crippen MR) is 60.3 cm³/mol. The number of anilines is 1. The van der Waals surface area contributed by atoms with E-state index in [1.807, 2.05) is 6.07 Å². The zero-order valence-electron chi connectivity index (χ0n) is 7.71. The van der Waals surface area contributed by atoms with Gasteiger partial charge in [-0.25, -0.2) is 4.98 Å². The van der Waals surface area contributed by atoms with Gasteiger partial charge in [-0.05, 0) is 17.7 Å². The first kappa shape index (κ1) is 10.3. The van der Waals surface area contributed by atoms with Gasteiger partial charge in [-0.15, -0.1) is 0 Å². The van der Waals surface area contributed by atoms with Gasteiger partial charge < -0.3 is 9.73 Å². The van der Waals surface area contributed by atoms with Gasteiger partial charge in [-0.3, -0.25) is 0 Å². The number of nitrogens with one attached hydrogen (secondary N) is 1. The highest BCUT2D eigenvalue weighted by Crippen LogP contribution is 2.22. The molecule has 0 aliphatic carbocycles. The predicted octanol–water partition coefficient (Wildman–Crippen LogP) is 3.59. The molecule has 2 aromatic rings. The van der Waals surface area contributed by atoms with E-state index < -0.39 is 0 Å². The molecule has 1 aromatic carbocycles. The van der Waals surface area contributed by atoms with Gasteiger partial charge in [0.1, 0.15) is 6.26 Å². The molecule has 78 valence electrons. The maximum Gasteiger partial charge on any atom is 0.294 e. The summed E-state index contributed by atoms with van der Waals surface area (Å²) in [6, 6.07) is 5.95. The highest BCUT2D eigenvalue weighted by Gasteiger charge is 2.00. The van der Waals surface area contributed by atoms with Crippen LogP contribution in [0.1, 0.15) is 5.56 Å². The van der Waals surface area contributed by atoms with Crippen LogP contribution in [0.25, 0.3) is 0 Å². The number of hydrogen-bond acceptors (Lipinski definition) is 3. The molecule has 0 aliphatic heterocycles. The van der Waals surface area contributed by atoms with E-state index in [1.165, 1.54) is 6.26 Å². The van der Waals surface area contributed by atoms with Gasteiger partial charge in [-0.1, -0.05) is 29.3 Å². The summed E-state index contributed by atoms with van der Waals surface area (Å²) in [5, 5.41) is 4.11. The molecule has 0 bridgehead atoms. The molecule has 1 heterocycles. The second-order valence-corrected chi connectivity index (χ2v) is 3.75. The summed E-state index contributed by atoms with van der Waals surface area (Å²) in [4.78, 5) is 3.93. The van der Waals surface area contributed by atoms with Gasteiger partial charge in [-0.2, -0.15) is 0 Å². The Kier molecular flexibility index (Phi) is 3.14. The fourth-order valence-electron chi connectivity index (χ4n) is 1.14. The van der Waals surface area contributed by atoms with Crippen LogP contribution in [-0.4, -0.2) is 4.98 Å². The topological polar surface area (TPSA) is 38.1 Å². The number of hydrogen-bond donors (Lipinski definition) is 1. The molecule has 2 rings (SSSR count). The monoisotopic (exact) mass is 242 g/mol. The third-order valence-corrected chi connectivity index (χ3v) is 2.60. The standard InChI is InChI=1S/C10H8Cl2N2O/c11-8-2-1-7(5-9(8)12)6-14-10-13-3-4-15-10/h1-5H,6H2,(H,13,14). The van der Waals surface area contributed by atoms with Gasteiger partial charge in [0.05, 0.1) is 16.2 Å². The van der Waals surface area contributed by atoms with Crippen LogP contribution in [0.3, 0.4) is 0 Å². The zero-order chi connectivity index (χ0) is 10.7. The summed E-state index contributed by atoms with van der Waals surface area (Å²) >= 11 is 11.7. The number of halogens is 2. The zero-order valence-corrected chi connectivity index (χ0v) is 9.22. The second-order valence-electron chi connectivity index (χ2n) is 2.94. The minimum atomic E-state index is 0.487. The van der Waals surface area contributed by atoms with E-state index in [9.17, 15) is 0 Å². The first-order chi connectivity index (χ1) is 7.25. The summed E-state index contributed by atoms with van der Waals surface area (Å²) in [7, 11) is 0. The van der Waals surface area contributed by atoms with E-state index >= 15 is 0 Å². The lowest BCUT2D eigenvalue weighted by molar-refractivity contribution is 0.571. The van der Waals surface area contributed by atoms with Crippen LogP contribution in [0.5, 0.6) is 0 Å². The quantitative estimate of drug-likeness (QED) is 0.894. The van der Waals surface area contributed by atoms with Crippen LogP contribution >= 0.6 is 23.2 Å². The fourth-order valence-corrected chi connectivity index (χ4v) is 1.46. The van der Waals surface area contributed by atoms with Crippen molar-refractivity contribution in [2.45, 2.75) is 6.54 Å². The molecule has 0 fully saturated rings. The van der Waals surface area contributed by atoms with Crippen LogP contribution in [0.2, 0.25) is 10.0 Å². The SMILES string of the molecule is Clc1ccc(CNc2ncco2)cc1Cl. The minimum Gasteiger partial charge on any atom is -0.432 e. The Morgan fingerprint density at radius 3 is 2.80 bits per heavy atom. The summed E-state index contributed by atoms with van der Waals surface area (Å²) in [6.45, 7) is 0.595. The molecule has 1 N–H and O–H groups in total. The number of nitrogens with zero attached hydrogens (tertiary/aromatic N) is 1. The van der Waals surface area contributed by atoms with Gasteiger partial charge >= 0.3 is 0 Å². The van der Waals surface area contributed by atoms with Gasteiger partial charge in [0.15, 0.2) is 0 Å². The lowest BCUT2D eigenvalue weighted by Gasteiger charge is -2.03. The summed E-state index contributed by atoms with van der Waals surface area (Å²) < 4.78 is 5.03. The van der Waals surface area contributed by atoms with Crippen molar-refractivity contribution < 1.29 is 4.42 Å². The van der Waals surface area contributed by atoms with Crippen LogP contribution in [0, 0.1) is 0 Å². The molecule has 0 aliphatic rings. The number of benzene rings is 1. The summed E-state index contributed by atoms with van der Waals surface area (Å²) in [5.74, 6) is 0. The Morgan fingerprint density at radius 1 is 1.27 bits per heavy atom. The molecular formula is C10H8Cl2N2O. The molecule has 0 spiro atoms. The smallest absolute Gasteiger partial charge is 0.294 e. The molecule has 0 radical (unpaired) electrons. The van der Waals surface area contributed by atoms with Crippen molar-refractivity contribution in [3.05, 3.63) is 46.3 Å². The number of rotatable bonds is 3. The van der Waals surface area contributed by atoms with Gasteiger partial charge in [0.2, 0.25) is 0 Å². The van der Waals surface area contributed by atoms with Crippen LogP contribution in [-0.2, 0) is 6.54 Å². The Labute approximate surface area is 97.0 Å². The van der Waals surface area contributed by atoms with E-state index in [1.54, 1.807) is 18.3 Å². The third-order valence-electron chi connectivity index (χ3n) is 1.86. The Morgan fingerprint density at radius 2 is 2.13 bits per heavy atom. The van der Waals surface area contributed by atoms with E-state index in [-0.39, 0.29) is 0 Å². The van der Waals surface area contributed by atoms with Crippen molar-refractivity contribution in [3.8, 4) is 0 Å². The maximum absolute atomic E-state index is 5.88. The largest absolute Gasteiger partial charge is 0.432 e. The number of aromatic nitrogens is 1. The van der Waals surface area contributed by atoms with Gasteiger partial charge in [0.25, 0.3) is 6.01 Å². The van der Waals surface area contributed by atoms with Crippen molar-refractivity contribution in [1.29, 1.82) is 0 Å². The highest BCUT2D eigenvalue weighted by molar-refractivity contribution is 6.42. The Bertz CT molecular complexity index is 443. The molecule has 0 unspecified atom stereocenters. The van der Waals surface area contributed by atoms with E-state index in [0.717, 1.165) is 5.56 Å². The van der Waals surface area contributed by atoms with Gasteiger partial charge in [0, 0.05) is 6.54 Å². The third kappa shape index (κ3) is 2.64. The van der Waals surface area contributed by atoms with Crippen LogP contribution < -0.4 is 5.32 Å². The lowest BCUT2D eigenvalue weighted by Crippen LogP contribution is -1.99. The maximum atomic E-state index is 5.88. The molecule has 0 amide bonds. The average Bonchev–Trinajstić information content (AvgIpc) is 2.73. The fraction of sp³-hybridized carbons (Fsp3) is 0.100. The van der Waals surface area contributed by atoms with E-state index in [0.29, 0.717) is 22.6 Å². The van der Waals surface area contributed by atoms with Crippen molar-refractivity contribution in [2.75, 3.05) is 5.32 Å². The highest BCUT2D eigenvalue weighted by atomic mass is 35.5. The molecule has 5 heteroatoms. The molecule has 1 aromatic heterocycles. The normalized spacial score (nSPS) is 10.3. The molecule has 0 atom stereocenters. The lowest BCUT2D eigenvalue weighted by atomic mass is 10.2. The van der Waals surface area contributed by atoms with Crippen molar-refractivity contribution in [2.24, 2.45) is 0 Å². The summed E-state index contributed by atoms with van der Waals surface area (Å²) in [5.41, 5.74) is 1.02. The molecular weight excluding hydrogens is 235 g/mol. The van der Waals surface area contributed by atoms with Crippen LogP contribution in [0.15, 0.2) is 35.1 Å². The Hall–Kier alpha value is -1.19. The minimum absolute atomic E-state index is 0.487. The Balaban J connectivity index is 2.02.